The molecule has 0 amide bonds. The number of rotatable bonds is 10. The second-order valence-electron chi connectivity index (χ2n) is 6.80. The molecule has 1 saturated heterocycles. The van der Waals surface area contributed by atoms with Gasteiger partial charge in [0.15, 0.2) is 5.96 Å². The van der Waals surface area contributed by atoms with E-state index >= 15 is 0 Å². The summed E-state index contributed by atoms with van der Waals surface area (Å²) in [5.41, 5.74) is 0.703. The van der Waals surface area contributed by atoms with Gasteiger partial charge in [0.1, 0.15) is 5.75 Å². The van der Waals surface area contributed by atoms with Crippen LogP contribution in [0.15, 0.2) is 29.3 Å². The number of nitrogens with zero attached hydrogens (tertiary/aromatic N) is 3. The Balaban J connectivity index is 1.82. The van der Waals surface area contributed by atoms with E-state index in [-0.39, 0.29) is 11.8 Å². The van der Waals surface area contributed by atoms with Crippen LogP contribution in [-0.4, -0.2) is 69.8 Å². The van der Waals surface area contributed by atoms with E-state index in [4.69, 9.17) is 0 Å². The Morgan fingerprint density at radius 3 is 2.75 bits per heavy atom. The van der Waals surface area contributed by atoms with Crippen LogP contribution in [0, 0.1) is 0 Å². The number of nitrogens with one attached hydrogen (secondary N) is 2. The Labute approximate surface area is 166 Å². The number of guanidine groups is 1. The highest BCUT2D eigenvalue weighted by atomic mass is 19.3. The Hall–Kier alpha value is -2.09. The zero-order chi connectivity index (χ0) is 20.4. The van der Waals surface area contributed by atoms with Crippen LogP contribution in [-0.2, 0) is 0 Å². The molecule has 2 N–H and O–H groups in total. The number of hydrogen-bond acceptors (Lipinski definition) is 4. The van der Waals surface area contributed by atoms with Gasteiger partial charge in [-0.25, -0.2) is 0 Å². The van der Waals surface area contributed by atoms with Gasteiger partial charge in [-0.05, 0) is 44.6 Å². The maximum atomic E-state index is 12.6. The van der Waals surface area contributed by atoms with Gasteiger partial charge in [-0.15, -0.1) is 0 Å². The predicted octanol–water partition coefficient (Wildman–Crippen LogP) is 2.76. The lowest BCUT2D eigenvalue weighted by molar-refractivity contribution is -0.0495. The van der Waals surface area contributed by atoms with E-state index in [1.807, 2.05) is 12.1 Å². The summed E-state index contributed by atoms with van der Waals surface area (Å²) in [5.74, 6) is 1.00. The van der Waals surface area contributed by atoms with Gasteiger partial charge in [0, 0.05) is 32.7 Å². The molecule has 158 valence electrons. The van der Waals surface area contributed by atoms with Crippen LogP contribution < -0.4 is 20.3 Å². The number of benzene rings is 1. The number of hydrogen-bond donors (Lipinski definition) is 2. The topological polar surface area (TPSA) is 52.1 Å². The monoisotopic (exact) mass is 397 g/mol. The van der Waals surface area contributed by atoms with E-state index in [1.54, 1.807) is 19.2 Å². The van der Waals surface area contributed by atoms with E-state index in [9.17, 15) is 8.78 Å². The van der Waals surface area contributed by atoms with Crippen LogP contribution in [0.25, 0.3) is 0 Å². The second kappa shape index (κ2) is 11.7. The molecule has 1 fully saturated rings. The van der Waals surface area contributed by atoms with Gasteiger partial charge in [-0.3, -0.25) is 4.99 Å². The third-order valence-corrected chi connectivity index (χ3v) is 5.01. The minimum absolute atomic E-state index is 0.202. The van der Waals surface area contributed by atoms with Gasteiger partial charge in [-0.2, -0.15) is 8.78 Å². The summed E-state index contributed by atoms with van der Waals surface area (Å²) in [4.78, 5) is 8.77. The number of halogens is 2. The van der Waals surface area contributed by atoms with Gasteiger partial charge < -0.3 is 25.2 Å². The van der Waals surface area contributed by atoms with Gasteiger partial charge >= 0.3 is 6.61 Å². The Kier molecular flexibility index (Phi) is 9.27. The minimum atomic E-state index is -2.82. The Morgan fingerprint density at radius 1 is 1.32 bits per heavy atom. The summed E-state index contributed by atoms with van der Waals surface area (Å²) < 4.78 is 30.0. The molecule has 0 aromatic heterocycles. The van der Waals surface area contributed by atoms with Crippen molar-refractivity contribution >= 4 is 11.6 Å². The summed E-state index contributed by atoms with van der Waals surface area (Å²) in [6.07, 6.45) is 1.96. The van der Waals surface area contributed by atoms with E-state index < -0.39 is 6.61 Å². The molecule has 1 aliphatic rings. The van der Waals surface area contributed by atoms with Crippen LogP contribution >= 0.6 is 0 Å². The number of alkyl halides is 2. The standard InChI is InChI=1S/C20H33F2N5O/c1-4-26(5-2)13-8-12-24-20(23-3)25-16-11-14-27(15-16)17-9-6-7-10-18(17)28-19(21)22/h6-7,9-10,16,19H,4-5,8,11-15H2,1-3H3,(H2,23,24,25). The lowest BCUT2D eigenvalue weighted by Crippen LogP contribution is -2.45. The highest BCUT2D eigenvalue weighted by Crippen LogP contribution is 2.31. The summed E-state index contributed by atoms with van der Waals surface area (Å²) in [5, 5.41) is 6.80. The van der Waals surface area contributed by atoms with Crippen molar-refractivity contribution < 1.29 is 13.5 Å². The van der Waals surface area contributed by atoms with Gasteiger partial charge in [0.25, 0.3) is 0 Å². The van der Waals surface area contributed by atoms with Crippen LogP contribution in [0.1, 0.15) is 26.7 Å². The van der Waals surface area contributed by atoms with Crippen molar-refractivity contribution in [1.29, 1.82) is 0 Å². The molecule has 1 aromatic rings. The van der Waals surface area contributed by atoms with Gasteiger partial charge in [-0.1, -0.05) is 26.0 Å². The number of aliphatic imine (C=N–C) groups is 1. The molecule has 0 spiro atoms. The van der Waals surface area contributed by atoms with Crippen molar-refractivity contribution in [1.82, 2.24) is 15.5 Å². The van der Waals surface area contributed by atoms with Gasteiger partial charge in [0.2, 0.25) is 0 Å². The minimum Gasteiger partial charge on any atom is -0.433 e. The molecule has 28 heavy (non-hydrogen) atoms. The zero-order valence-corrected chi connectivity index (χ0v) is 17.1. The van der Waals surface area contributed by atoms with E-state index in [2.05, 4.69) is 44.0 Å². The first-order chi connectivity index (χ1) is 13.6. The normalized spacial score (nSPS) is 17.5. The summed E-state index contributed by atoms with van der Waals surface area (Å²) in [7, 11) is 1.76. The van der Waals surface area contributed by atoms with Crippen LogP contribution in [0.4, 0.5) is 14.5 Å². The molecular weight excluding hydrogens is 364 g/mol. The molecule has 8 heteroatoms. The summed E-state index contributed by atoms with van der Waals surface area (Å²) >= 11 is 0. The van der Waals surface area contributed by atoms with E-state index in [0.29, 0.717) is 12.2 Å². The number of ether oxygens (including phenoxy) is 1. The van der Waals surface area contributed by atoms with Crippen molar-refractivity contribution in [2.45, 2.75) is 39.3 Å². The first-order valence-corrected chi connectivity index (χ1v) is 10.1. The van der Waals surface area contributed by atoms with Crippen molar-refractivity contribution in [2.24, 2.45) is 4.99 Å². The molecular formula is C20H33F2N5O. The Morgan fingerprint density at radius 2 is 2.07 bits per heavy atom. The van der Waals surface area contributed by atoms with Crippen LogP contribution in [0.3, 0.4) is 0 Å². The molecule has 0 aliphatic carbocycles. The average Bonchev–Trinajstić information content (AvgIpc) is 3.15. The van der Waals surface area contributed by atoms with Crippen LogP contribution in [0.2, 0.25) is 0 Å². The molecule has 1 atom stereocenters. The molecule has 0 saturated carbocycles. The lowest BCUT2D eigenvalue weighted by Gasteiger charge is -2.23. The molecule has 0 bridgehead atoms. The molecule has 1 unspecified atom stereocenters. The molecule has 1 heterocycles. The summed E-state index contributed by atoms with van der Waals surface area (Å²) in [6, 6.07) is 7.15. The zero-order valence-electron chi connectivity index (χ0n) is 17.1. The van der Waals surface area contributed by atoms with Crippen molar-refractivity contribution in [3.63, 3.8) is 0 Å². The fourth-order valence-corrected chi connectivity index (χ4v) is 3.45. The second-order valence-corrected chi connectivity index (χ2v) is 6.80. The average molecular weight is 398 g/mol. The van der Waals surface area contributed by atoms with Crippen molar-refractivity contribution in [3.05, 3.63) is 24.3 Å². The largest absolute Gasteiger partial charge is 0.433 e. The molecule has 1 aromatic carbocycles. The first kappa shape index (κ1) is 22.2. The smallest absolute Gasteiger partial charge is 0.387 e. The third kappa shape index (κ3) is 6.82. The van der Waals surface area contributed by atoms with Gasteiger partial charge in [0.05, 0.1) is 5.69 Å². The maximum Gasteiger partial charge on any atom is 0.387 e. The third-order valence-electron chi connectivity index (χ3n) is 5.01. The predicted molar refractivity (Wildman–Crippen MR) is 111 cm³/mol. The highest BCUT2D eigenvalue weighted by Gasteiger charge is 2.25. The molecule has 1 aliphatic heterocycles. The first-order valence-electron chi connectivity index (χ1n) is 10.1. The maximum absolute atomic E-state index is 12.6. The fraction of sp³-hybridized carbons (Fsp3) is 0.650. The molecule has 2 rings (SSSR count). The quantitative estimate of drug-likeness (QED) is 0.361. The number of anilines is 1. The summed E-state index contributed by atoms with van der Waals surface area (Å²) in [6.45, 7) is 7.08. The van der Waals surface area contributed by atoms with Crippen molar-refractivity contribution in [2.75, 3.05) is 51.2 Å². The number of para-hydroxylation sites is 2. The van der Waals surface area contributed by atoms with Crippen LogP contribution in [0.5, 0.6) is 5.75 Å². The molecule has 6 nitrogen and oxygen atoms in total. The van der Waals surface area contributed by atoms with E-state index in [0.717, 1.165) is 51.5 Å². The van der Waals surface area contributed by atoms with Crippen molar-refractivity contribution in [3.8, 4) is 5.75 Å². The molecule has 0 radical (unpaired) electrons. The SMILES string of the molecule is CCN(CC)CCCNC(=NC)NC1CCN(c2ccccc2OC(F)F)C1. The van der Waals surface area contributed by atoms with E-state index in [1.165, 1.54) is 0 Å². The lowest BCUT2D eigenvalue weighted by atomic mass is 10.2. The highest BCUT2D eigenvalue weighted by molar-refractivity contribution is 5.80. The fourth-order valence-electron chi connectivity index (χ4n) is 3.45. The Bertz CT molecular complexity index is 610.